The molecule has 0 radical (unpaired) electrons. The minimum Gasteiger partial charge on any atom is -0.355 e. The van der Waals surface area contributed by atoms with Crippen molar-refractivity contribution in [3.05, 3.63) is 15.6 Å². The van der Waals surface area contributed by atoms with Gasteiger partial charge in [-0.05, 0) is 20.9 Å². The molecular formula is C10H17N3OS. The molecular weight excluding hydrogens is 210 g/mol. The van der Waals surface area contributed by atoms with E-state index >= 15 is 0 Å². The fourth-order valence-corrected chi connectivity index (χ4v) is 2.11. The van der Waals surface area contributed by atoms with Crippen LogP contribution in [0.2, 0.25) is 0 Å². The van der Waals surface area contributed by atoms with Gasteiger partial charge in [-0.3, -0.25) is 4.79 Å². The minimum atomic E-state index is 0.0301. The summed E-state index contributed by atoms with van der Waals surface area (Å²) in [6.07, 6.45) is 0.814. The van der Waals surface area contributed by atoms with E-state index in [0.29, 0.717) is 13.1 Å². The molecule has 2 N–H and O–H groups in total. The third-order valence-corrected chi connectivity index (χ3v) is 3.20. The summed E-state index contributed by atoms with van der Waals surface area (Å²) in [5, 5.41) is 6.72. The Balaban J connectivity index is 2.28. The Bertz CT molecular complexity index is 316. The minimum absolute atomic E-state index is 0.0301. The Kier molecular flexibility index (Phi) is 4.71. The Morgan fingerprint density at radius 2 is 2.20 bits per heavy atom. The van der Waals surface area contributed by atoms with Crippen LogP contribution in [0.5, 0.6) is 0 Å². The van der Waals surface area contributed by atoms with Gasteiger partial charge in [-0.25, -0.2) is 4.98 Å². The number of rotatable bonds is 5. The van der Waals surface area contributed by atoms with Crippen LogP contribution in [-0.4, -0.2) is 31.0 Å². The number of nitrogens with zero attached hydrogens (tertiary/aromatic N) is 1. The maximum absolute atomic E-state index is 11.1. The number of hydrogen-bond acceptors (Lipinski definition) is 4. The summed E-state index contributed by atoms with van der Waals surface area (Å²) in [5.74, 6) is 0.0301. The molecule has 1 aromatic rings. The van der Waals surface area contributed by atoms with Crippen molar-refractivity contribution in [2.75, 3.05) is 20.1 Å². The number of aromatic nitrogens is 1. The van der Waals surface area contributed by atoms with Crippen LogP contribution in [-0.2, 0) is 11.2 Å². The van der Waals surface area contributed by atoms with E-state index in [0.717, 1.165) is 17.1 Å². The molecule has 0 fully saturated rings. The van der Waals surface area contributed by atoms with Crippen LogP contribution in [0.3, 0.4) is 0 Å². The molecule has 0 bridgehead atoms. The number of carbonyl (C=O) groups excluding carboxylic acids is 1. The SMILES string of the molecule is CNCC(=O)NCCc1nc(C)c(C)s1. The quantitative estimate of drug-likeness (QED) is 0.776. The van der Waals surface area contributed by atoms with Gasteiger partial charge in [0, 0.05) is 17.8 Å². The summed E-state index contributed by atoms with van der Waals surface area (Å²) in [7, 11) is 1.76. The lowest BCUT2D eigenvalue weighted by Gasteiger charge is -2.02. The first-order chi connectivity index (χ1) is 7.13. The second kappa shape index (κ2) is 5.82. The van der Waals surface area contributed by atoms with Gasteiger partial charge in [0.2, 0.25) is 5.91 Å². The normalized spacial score (nSPS) is 10.3. The largest absolute Gasteiger partial charge is 0.355 e. The molecule has 0 saturated carbocycles. The van der Waals surface area contributed by atoms with Gasteiger partial charge in [0.25, 0.3) is 0 Å². The fourth-order valence-electron chi connectivity index (χ4n) is 1.18. The summed E-state index contributed by atoms with van der Waals surface area (Å²) in [6, 6.07) is 0. The molecule has 5 heteroatoms. The molecule has 0 unspecified atom stereocenters. The molecule has 1 aromatic heterocycles. The van der Waals surface area contributed by atoms with Crippen LogP contribution in [0.15, 0.2) is 0 Å². The number of likely N-dealkylation sites (N-methyl/N-ethyl adjacent to an activating group) is 1. The standard InChI is InChI=1S/C10H17N3OS/c1-7-8(2)15-10(13-7)4-5-12-9(14)6-11-3/h11H,4-6H2,1-3H3,(H,12,14). The first-order valence-corrected chi connectivity index (χ1v) is 5.79. The van der Waals surface area contributed by atoms with E-state index in [4.69, 9.17) is 0 Å². The lowest BCUT2D eigenvalue weighted by Crippen LogP contribution is -2.33. The molecule has 4 nitrogen and oxygen atoms in total. The Hall–Kier alpha value is -0.940. The Morgan fingerprint density at radius 3 is 2.73 bits per heavy atom. The lowest BCUT2D eigenvalue weighted by molar-refractivity contribution is -0.120. The van der Waals surface area contributed by atoms with Crippen LogP contribution in [0.1, 0.15) is 15.6 Å². The third kappa shape index (κ3) is 3.97. The molecule has 0 aliphatic heterocycles. The molecule has 1 amide bonds. The summed E-state index contributed by atoms with van der Waals surface area (Å²) in [4.78, 5) is 16.8. The highest BCUT2D eigenvalue weighted by Gasteiger charge is 2.04. The number of carbonyl (C=O) groups is 1. The second-order valence-electron chi connectivity index (χ2n) is 3.38. The number of nitrogens with one attached hydrogen (secondary N) is 2. The third-order valence-electron chi connectivity index (χ3n) is 2.07. The van der Waals surface area contributed by atoms with Crippen molar-refractivity contribution in [2.45, 2.75) is 20.3 Å². The molecule has 0 aliphatic carbocycles. The predicted molar refractivity (Wildman–Crippen MR) is 62.2 cm³/mol. The second-order valence-corrected chi connectivity index (χ2v) is 4.67. The number of hydrogen-bond donors (Lipinski definition) is 2. The van der Waals surface area contributed by atoms with E-state index in [1.54, 1.807) is 18.4 Å². The lowest BCUT2D eigenvalue weighted by atomic mass is 10.4. The van der Waals surface area contributed by atoms with Crippen LogP contribution in [0, 0.1) is 13.8 Å². The first kappa shape index (κ1) is 12.1. The van der Waals surface area contributed by atoms with E-state index in [1.165, 1.54) is 4.88 Å². The van der Waals surface area contributed by atoms with Crippen LogP contribution in [0.25, 0.3) is 0 Å². The average Bonchev–Trinajstić information content (AvgIpc) is 2.46. The van der Waals surface area contributed by atoms with E-state index < -0.39 is 0 Å². The van der Waals surface area contributed by atoms with Gasteiger partial charge in [0.1, 0.15) is 0 Å². The first-order valence-electron chi connectivity index (χ1n) is 4.97. The van der Waals surface area contributed by atoms with Crippen molar-refractivity contribution in [1.29, 1.82) is 0 Å². The van der Waals surface area contributed by atoms with Crippen LogP contribution >= 0.6 is 11.3 Å². The molecule has 0 aliphatic rings. The van der Waals surface area contributed by atoms with Crippen molar-refractivity contribution in [1.82, 2.24) is 15.6 Å². The van der Waals surface area contributed by atoms with Gasteiger partial charge in [0.05, 0.1) is 17.2 Å². The van der Waals surface area contributed by atoms with E-state index in [2.05, 4.69) is 22.5 Å². The molecule has 1 rings (SSSR count). The van der Waals surface area contributed by atoms with Crippen molar-refractivity contribution < 1.29 is 4.79 Å². The topological polar surface area (TPSA) is 54.0 Å². The zero-order chi connectivity index (χ0) is 11.3. The Morgan fingerprint density at radius 1 is 1.47 bits per heavy atom. The highest BCUT2D eigenvalue weighted by Crippen LogP contribution is 2.16. The zero-order valence-corrected chi connectivity index (χ0v) is 10.2. The van der Waals surface area contributed by atoms with Crippen molar-refractivity contribution in [3.8, 4) is 0 Å². The highest BCUT2D eigenvalue weighted by atomic mass is 32.1. The summed E-state index contributed by atoms with van der Waals surface area (Å²) < 4.78 is 0. The average molecular weight is 227 g/mol. The maximum Gasteiger partial charge on any atom is 0.233 e. The zero-order valence-electron chi connectivity index (χ0n) is 9.39. The number of thiazole rings is 1. The molecule has 15 heavy (non-hydrogen) atoms. The Labute approximate surface area is 94.1 Å². The molecule has 1 heterocycles. The molecule has 0 atom stereocenters. The van der Waals surface area contributed by atoms with Gasteiger partial charge >= 0.3 is 0 Å². The number of aryl methyl sites for hydroxylation is 2. The van der Waals surface area contributed by atoms with Gasteiger partial charge in [-0.2, -0.15) is 0 Å². The van der Waals surface area contributed by atoms with Gasteiger partial charge in [-0.1, -0.05) is 0 Å². The fraction of sp³-hybridized carbons (Fsp3) is 0.600. The van der Waals surface area contributed by atoms with Gasteiger partial charge < -0.3 is 10.6 Å². The smallest absolute Gasteiger partial charge is 0.233 e. The van der Waals surface area contributed by atoms with Crippen molar-refractivity contribution in [3.63, 3.8) is 0 Å². The van der Waals surface area contributed by atoms with Crippen LogP contribution < -0.4 is 10.6 Å². The highest BCUT2D eigenvalue weighted by molar-refractivity contribution is 7.11. The van der Waals surface area contributed by atoms with Crippen molar-refractivity contribution in [2.24, 2.45) is 0 Å². The predicted octanol–water partition coefficient (Wildman–Crippen LogP) is 0.638. The monoisotopic (exact) mass is 227 g/mol. The van der Waals surface area contributed by atoms with Gasteiger partial charge in [-0.15, -0.1) is 11.3 Å². The van der Waals surface area contributed by atoms with Crippen LogP contribution in [0.4, 0.5) is 0 Å². The number of amides is 1. The summed E-state index contributed by atoms with van der Waals surface area (Å²) >= 11 is 1.70. The molecule has 84 valence electrons. The summed E-state index contributed by atoms with van der Waals surface area (Å²) in [5.41, 5.74) is 1.09. The van der Waals surface area contributed by atoms with E-state index in [9.17, 15) is 4.79 Å². The van der Waals surface area contributed by atoms with E-state index in [1.807, 2.05) is 6.92 Å². The molecule has 0 aromatic carbocycles. The maximum atomic E-state index is 11.1. The molecule has 0 saturated heterocycles. The molecule has 0 spiro atoms. The summed E-state index contributed by atoms with van der Waals surface area (Å²) in [6.45, 7) is 5.10. The van der Waals surface area contributed by atoms with Crippen molar-refractivity contribution >= 4 is 17.2 Å². The van der Waals surface area contributed by atoms with E-state index in [-0.39, 0.29) is 5.91 Å². The van der Waals surface area contributed by atoms with Gasteiger partial charge in [0.15, 0.2) is 0 Å².